The zero-order chi connectivity index (χ0) is 15.3. The molecule has 0 saturated carbocycles. The highest BCUT2D eigenvalue weighted by molar-refractivity contribution is 7.99. The van der Waals surface area contributed by atoms with Gasteiger partial charge in [0.1, 0.15) is 0 Å². The quantitative estimate of drug-likeness (QED) is 0.815. The van der Waals surface area contributed by atoms with Gasteiger partial charge >= 0.3 is 5.97 Å². The van der Waals surface area contributed by atoms with Gasteiger partial charge < -0.3 is 10.0 Å². The van der Waals surface area contributed by atoms with Crippen molar-refractivity contribution in [3.05, 3.63) is 30.3 Å². The van der Waals surface area contributed by atoms with Gasteiger partial charge in [-0.05, 0) is 51.3 Å². The first-order valence-corrected chi connectivity index (χ1v) is 8.62. The van der Waals surface area contributed by atoms with Crippen molar-refractivity contribution in [2.45, 2.75) is 31.6 Å². The molecule has 1 aromatic rings. The average molecular weight is 307 g/mol. The minimum Gasteiger partial charge on any atom is -0.481 e. The number of hydrogen-bond donors (Lipinski definition) is 1. The Labute approximate surface area is 131 Å². The van der Waals surface area contributed by atoms with Gasteiger partial charge in [0.2, 0.25) is 0 Å². The summed E-state index contributed by atoms with van der Waals surface area (Å²) < 4.78 is 0. The van der Waals surface area contributed by atoms with Gasteiger partial charge in [0.15, 0.2) is 0 Å². The van der Waals surface area contributed by atoms with Crippen molar-refractivity contribution in [1.82, 2.24) is 4.90 Å². The van der Waals surface area contributed by atoms with E-state index in [2.05, 4.69) is 29.2 Å². The third kappa shape index (κ3) is 4.48. The van der Waals surface area contributed by atoms with Crippen molar-refractivity contribution in [1.29, 1.82) is 0 Å². The predicted molar refractivity (Wildman–Crippen MR) is 87.7 cm³/mol. The molecule has 0 bridgehead atoms. The summed E-state index contributed by atoms with van der Waals surface area (Å²) in [6, 6.07) is 10.4. The van der Waals surface area contributed by atoms with Crippen molar-refractivity contribution in [2.24, 2.45) is 11.3 Å². The Kier molecular flexibility index (Phi) is 5.71. The molecule has 1 atom stereocenters. The van der Waals surface area contributed by atoms with E-state index < -0.39 is 11.4 Å². The van der Waals surface area contributed by atoms with Crippen LogP contribution in [0.5, 0.6) is 0 Å². The maximum atomic E-state index is 11.4. The third-order valence-corrected chi connectivity index (χ3v) is 5.49. The molecule has 1 aromatic carbocycles. The fourth-order valence-corrected chi connectivity index (χ4v) is 3.77. The maximum absolute atomic E-state index is 11.4. The van der Waals surface area contributed by atoms with Crippen LogP contribution in [0.25, 0.3) is 0 Å². The van der Waals surface area contributed by atoms with Crippen molar-refractivity contribution in [3.8, 4) is 0 Å². The molecule has 0 radical (unpaired) electrons. The molecule has 2 rings (SSSR count). The van der Waals surface area contributed by atoms with E-state index in [0.717, 1.165) is 38.2 Å². The lowest BCUT2D eigenvalue weighted by Crippen LogP contribution is -2.45. The van der Waals surface area contributed by atoms with Crippen molar-refractivity contribution < 1.29 is 9.90 Å². The van der Waals surface area contributed by atoms with Crippen molar-refractivity contribution in [2.75, 3.05) is 25.4 Å². The molecule has 0 spiro atoms. The second-order valence-electron chi connectivity index (χ2n) is 6.33. The lowest BCUT2D eigenvalue weighted by Gasteiger charge is -2.39. The number of rotatable bonds is 6. The van der Waals surface area contributed by atoms with E-state index in [0.29, 0.717) is 0 Å². The highest BCUT2D eigenvalue weighted by Crippen LogP contribution is 2.34. The highest BCUT2D eigenvalue weighted by atomic mass is 32.2. The Morgan fingerprint density at radius 1 is 1.38 bits per heavy atom. The number of carboxylic acids is 1. The molecule has 1 aliphatic rings. The number of hydrogen-bond acceptors (Lipinski definition) is 3. The minimum atomic E-state index is -0.673. The van der Waals surface area contributed by atoms with Crippen LogP contribution in [-0.2, 0) is 4.79 Å². The van der Waals surface area contributed by atoms with Crippen molar-refractivity contribution >= 4 is 17.7 Å². The molecule has 1 saturated heterocycles. The van der Waals surface area contributed by atoms with E-state index in [-0.39, 0.29) is 5.92 Å². The zero-order valence-corrected chi connectivity index (χ0v) is 13.7. The fourth-order valence-electron chi connectivity index (χ4n) is 2.83. The first-order chi connectivity index (χ1) is 10.00. The number of likely N-dealkylation sites (tertiary alicyclic amines) is 1. The van der Waals surface area contributed by atoms with Gasteiger partial charge in [-0.2, -0.15) is 0 Å². The third-order valence-electron chi connectivity index (χ3n) is 4.50. The first-order valence-electron chi connectivity index (χ1n) is 7.64. The van der Waals surface area contributed by atoms with Crippen LogP contribution in [0.4, 0.5) is 0 Å². The van der Waals surface area contributed by atoms with Gasteiger partial charge in [0, 0.05) is 23.7 Å². The topological polar surface area (TPSA) is 40.5 Å². The molecule has 0 aliphatic carbocycles. The summed E-state index contributed by atoms with van der Waals surface area (Å²) in [5.74, 6) is 0.642. The minimum absolute atomic E-state index is 0.255. The van der Waals surface area contributed by atoms with Gasteiger partial charge in [-0.3, -0.25) is 4.79 Å². The molecule has 1 heterocycles. The van der Waals surface area contributed by atoms with Gasteiger partial charge in [-0.15, -0.1) is 11.8 Å². The Morgan fingerprint density at radius 2 is 2.10 bits per heavy atom. The molecule has 0 aromatic heterocycles. The molecule has 0 amide bonds. The Balaban J connectivity index is 1.80. The smallest absolute Gasteiger partial charge is 0.309 e. The van der Waals surface area contributed by atoms with Crippen LogP contribution in [-0.4, -0.2) is 41.4 Å². The van der Waals surface area contributed by atoms with Crippen LogP contribution in [0.3, 0.4) is 0 Å². The zero-order valence-electron chi connectivity index (χ0n) is 12.9. The lowest BCUT2D eigenvalue weighted by atomic mass is 9.74. The maximum Gasteiger partial charge on any atom is 0.309 e. The fraction of sp³-hybridized carbons (Fsp3) is 0.588. The summed E-state index contributed by atoms with van der Waals surface area (Å²) in [6.45, 7) is 6.77. The van der Waals surface area contributed by atoms with Crippen LogP contribution >= 0.6 is 11.8 Å². The van der Waals surface area contributed by atoms with Gasteiger partial charge in [-0.25, -0.2) is 0 Å². The Morgan fingerprint density at radius 3 is 2.76 bits per heavy atom. The number of benzene rings is 1. The van der Waals surface area contributed by atoms with Gasteiger partial charge in [-0.1, -0.05) is 18.2 Å². The number of carboxylic acid groups (broad SMARTS) is 1. The average Bonchev–Trinajstić information content (AvgIpc) is 2.48. The summed E-state index contributed by atoms with van der Waals surface area (Å²) in [4.78, 5) is 15.1. The molecule has 1 unspecified atom stereocenters. The molecule has 1 N–H and O–H groups in total. The number of piperidine rings is 1. The van der Waals surface area contributed by atoms with Crippen LogP contribution < -0.4 is 0 Å². The number of thioether (sulfide) groups is 1. The number of nitrogens with zero attached hydrogens (tertiary/aromatic N) is 1. The summed E-state index contributed by atoms with van der Waals surface area (Å²) in [5.41, 5.74) is -0.620. The van der Waals surface area contributed by atoms with Crippen LogP contribution in [0.2, 0.25) is 0 Å². The Bertz CT molecular complexity index is 461. The summed E-state index contributed by atoms with van der Waals surface area (Å²) in [5, 5.41) is 9.38. The van der Waals surface area contributed by atoms with E-state index in [1.807, 2.05) is 31.7 Å². The van der Waals surface area contributed by atoms with E-state index in [9.17, 15) is 9.90 Å². The molecule has 3 nitrogen and oxygen atoms in total. The first kappa shape index (κ1) is 16.4. The predicted octanol–water partition coefficient (Wildman–Crippen LogP) is 3.60. The van der Waals surface area contributed by atoms with Crippen molar-refractivity contribution in [3.63, 3.8) is 0 Å². The number of aliphatic carboxylic acids is 1. The van der Waals surface area contributed by atoms with E-state index in [1.54, 1.807) is 0 Å². The highest BCUT2D eigenvalue weighted by Gasteiger charge is 2.38. The summed E-state index contributed by atoms with van der Waals surface area (Å²) in [6.07, 6.45) is 2.14. The molecule has 116 valence electrons. The van der Waals surface area contributed by atoms with Crippen LogP contribution in [0.1, 0.15) is 26.7 Å². The monoisotopic (exact) mass is 307 g/mol. The van der Waals surface area contributed by atoms with E-state index in [1.165, 1.54) is 4.90 Å². The lowest BCUT2D eigenvalue weighted by molar-refractivity contribution is -0.151. The van der Waals surface area contributed by atoms with E-state index >= 15 is 0 Å². The second kappa shape index (κ2) is 7.32. The SMILES string of the molecule is CC(C)(C(=O)O)C1CCCN(CCSc2ccccc2)C1. The second-order valence-corrected chi connectivity index (χ2v) is 7.50. The molecule has 1 aliphatic heterocycles. The summed E-state index contributed by atoms with van der Waals surface area (Å²) >= 11 is 1.87. The molecule has 21 heavy (non-hydrogen) atoms. The van der Waals surface area contributed by atoms with E-state index in [4.69, 9.17) is 0 Å². The normalized spacial score (nSPS) is 20.4. The van der Waals surface area contributed by atoms with Crippen LogP contribution in [0.15, 0.2) is 35.2 Å². The number of carbonyl (C=O) groups is 1. The van der Waals surface area contributed by atoms with Gasteiger partial charge in [0.05, 0.1) is 5.41 Å². The largest absolute Gasteiger partial charge is 0.481 e. The molecular weight excluding hydrogens is 282 g/mol. The molecule has 4 heteroatoms. The summed E-state index contributed by atoms with van der Waals surface area (Å²) in [7, 11) is 0. The molecule has 1 fully saturated rings. The standard InChI is InChI=1S/C17H25NO2S/c1-17(2,16(19)20)14-7-6-10-18(13-14)11-12-21-15-8-4-3-5-9-15/h3-5,8-9,14H,6-7,10-13H2,1-2H3,(H,19,20). The van der Waals surface area contributed by atoms with Gasteiger partial charge in [0.25, 0.3) is 0 Å². The Hall–Kier alpha value is -1.00. The molecular formula is C17H25NO2S. The van der Waals surface area contributed by atoms with Crippen LogP contribution in [0, 0.1) is 11.3 Å².